The van der Waals surface area contributed by atoms with Gasteiger partial charge in [0.1, 0.15) is 17.3 Å². The van der Waals surface area contributed by atoms with Crippen LogP contribution in [0.2, 0.25) is 0 Å². The molecule has 0 N–H and O–H groups in total. The highest BCUT2D eigenvalue weighted by Gasteiger charge is 2.74. The summed E-state index contributed by atoms with van der Waals surface area (Å²) >= 11 is 0. The van der Waals surface area contributed by atoms with Crippen LogP contribution >= 0.6 is 0 Å². The summed E-state index contributed by atoms with van der Waals surface area (Å²) in [7, 11) is 0. The molecule has 0 bridgehead atoms. The molecule has 0 aromatic carbocycles. The first-order valence-electron chi connectivity index (χ1n) is 11.9. The van der Waals surface area contributed by atoms with Gasteiger partial charge in [0.25, 0.3) is 0 Å². The topological polar surface area (TPSA) is 105 Å². The normalized spacial score (nSPS) is 39.5. The second kappa shape index (κ2) is 9.64. The maximum absolute atomic E-state index is 13.9. The van der Waals surface area contributed by atoms with Gasteiger partial charge in [0, 0.05) is 33.1 Å². The molecule has 2 saturated carbocycles. The monoisotopic (exact) mass is 476 g/mol. The second-order valence-corrected chi connectivity index (χ2v) is 10.2. The van der Waals surface area contributed by atoms with Crippen molar-refractivity contribution in [1.82, 2.24) is 0 Å². The van der Waals surface area contributed by atoms with Gasteiger partial charge in [-0.15, -0.1) is 0 Å². The van der Waals surface area contributed by atoms with Gasteiger partial charge in [-0.1, -0.05) is 38.2 Å². The zero-order valence-electron chi connectivity index (χ0n) is 20.9. The van der Waals surface area contributed by atoms with Crippen LogP contribution in [0.15, 0.2) is 24.3 Å². The van der Waals surface area contributed by atoms with Crippen LogP contribution in [0, 0.1) is 28.6 Å². The molecular formula is C26H36O8. The first-order chi connectivity index (χ1) is 15.9. The summed E-state index contributed by atoms with van der Waals surface area (Å²) in [6.45, 7) is 13.8. The average Bonchev–Trinajstić information content (AvgIpc) is 3.02. The summed E-state index contributed by atoms with van der Waals surface area (Å²) in [5, 5.41) is 0. The van der Waals surface area contributed by atoms with Gasteiger partial charge in [0.05, 0.1) is 0 Å². The number of ether oxygens (including phenoxy) is 4. The lowest BCUT2D eigenvalue weighted by atomic mass is 9.43. The fraction of sp³-hybridized carbons (Fsp3) is 0.692. The van der Waals surface area contributed by atoms with E-state index in [1.807, 2.05) is 13.8 Å². The van der Waals surface area contributed by atoms with Crippen LogP contribution < -0.4 is 0 Å². The van der Waals surface area contributed by atoms with Gasteiger partial charge in [-0.2, -0.15) is 0 Å². The molecule has 1 spiro atoms. The molecule has 3 rings (SSSR count). The predicted octanol–water partition coefficient (Wildman–Crippen LogP) is 3.88. The molecule has 8 nitrogen and oxygen atoms in total. The van der Waals surface area contributed by atoms with E-state index in [1.165, 1.54) is 20.8 Å². The Morgan fingerprint density at radius 1 is 1.06 bits per heavy atom. The minimum atomic E-state index is -1.21. The predicted molar refractivity (Wildman–Crippen MR) is 122 cm³/mol. The van der Waals surface area contributed by atoms with Crippen molar-refractivity contribution in [3.8, 4) is 0 Å². The quantitative estimate of drug-likeness (QED) is 0.323. The van der Waals surface area contributed by atoms with Gasteiger partial charge < -0.3 is 18.9 Å². The van der Waals surface area contributed by atoms with Crippen molar-refractivity contribution in [2.24, 2.45) is 28.6 Å². The van der Waals surface area contributed by atoms with Crippen LogP contribution in [0.5, 0.6) is 0 Å². The molecule has 0 amide bonds. The van der Waals surface area contributed by atoms with E-state index in [9.17, 15) is 19.2 Å². The van der Waals surface area contributed by atoms with Crippen LogP contribution in [0.3, 0.4) is 0 Å². The molecule has 0 aromatic heterocycles. The standard InChI is InChI=1S/C26H36O8/c1-8-14(2)9-10-25(7)15(3)11-22(30)26-20(12-19(13-21(25)26)31-16(4)27)23(32-17(5)28)34-24(26)33-18(6)29/h8-9,15,19-21,23-24H,1,10-13H2,2-7H3/b14-9+/t15-,19-,20+,21+,23+,24-,25-,26?/m0/s1. The molecule has 2 aliphatic carbocycles. The Balaban J connectivity index is 2.19. The lowest BCUT2D eigenvalue weighted by Crippen LogP contribution is -2.64. The number of rotatable bonds is 6. The Morgan fingerprint density at radius 3 is 2.24 bits per heavy atom. The van der Waals surface area contributed by atoms with E-state index in [4.69, 9.17) is 18.9 Å². The summed E-state index contributed by atoms with van der Waals surface area (Å²) < 4.78 is 22.7. The minimum absolute atomic E-state index is 0.00646. The SMILES string of the molecule is C=C/C(C)=C/C[C@@]1(C)[C@@H](C)CC(=O)C23[C@@H](OC(C)=O)O[C@@H](OC(C)=O)[C@H]2C[C@H](OC(C)=O)C[C@@H]31. The van der Waals surface area contributed by atoms with Crippen LogP contribution in [-0.4, -0.2) is 42.4 Å². The molecule has 8 atom stereocenters. The molecule has 1 saturated heterocycles. The Labute approximate surface area is 201 Å². The molecule has 188 valence electrons. The molecule has 3 aliphatic rings. The lowest BCUT2D eigenvalue weighted by molar-refractivity contribution is -0.231. The van der Waals surface area contributed by atoms with Gasteiger partial charge in [0.15, 0.2) is 0 Å². The van der Waals surface area contributed by atoms with Gasteiger partial charge >= 0.3 is 17.9 Å². The molecule has 3 fully saturated rings. The zero-order valence-corrected chi connectivity index (χ0v) is 20.9. The first-order valence-corrected chi connectivity index (χ1v) is 11.9. The van der Waals surface area contributed by atoms with E-state index in [1.54, 1.807) is 6.08 Å². The third-order valence-corrected chi connectivity index (χ3v) is 8.15. The highest BCUT2D eigenvalue weighted by atomic mass is 16.8. The zero-order chi connectivity index (χ0) is 25.4. The molecule has 8 heteroatoms. The van der Waals surface area contributed by atoms with Gasteiger partial charge in [-0.05, 0) is 43.4 Å². The van der Waals surface area contributed by atoms with E-state index in [-0.39, 0.29) is 30.5 Å². The van der Waals surface area contributed by atoms with Gasteiger partial charge in [-0.3, -0.25) is 19.2 Å². The van der Waals surface area contributed by atoms with Crippen molar-refractivity contribution in [1.29, 1.82) is 0 Å². The number of allylic oxidation sites excluding steroid dienone is 3. The lowest BCUT2D eigenvalue weighted by Gasteiger charge is -2.59. The van der Waals surface area contributed by atoms with Crippen LogP contribution in [-0.2, 0) is 38.1 Å². The second-order valence-electron chi connectivity index (χ2n) is 10.2. The van der Waals surface area contributed by atoms with Gasteiger partial charge in [0.2, 0.25) is 12.6 Å². The number of esters is 3. The average molecular weight is 477 g/mol. The Hall–Kier alpha value is -2.48. The largest absolute Gasteiger partial charge is 0.463 e. The Kier molecular flexibility index (Phi) is 7.41. The van der Waals surface area contributed by atoms with Crippen molar-refractivity contribution in [3.63, 3.8) is 0 Å². The van der Waals surface area contributed by atoms with Gasteiger partial charge in [-0.25, -0.2) is 0 Å². The molecule has 0 aromatic rings. The van der Waals surface area contributed by atoms with E-state index < -0.39 is 53.3 Å². The number of hydrogen-bond donors (Lipinski definition) is 0. The number of ketones is 1. The van der Waals surface area contributed by atoms with Crippen LogP contribution in [0.1, 0.15) is 67.2 Å². The summed E-state index contributed by atoms with van der Waals surface area (Å²) in [5.41, 5.74) is -0.609. The first kappa shape index (κ1) is 26.1. The fourth-order valence-corrected chi connectivity index (χ4v) is 6.36. The molecule has 1 unspecified atom stereocenters. The molecule has 1 aliphatic heterocycles. The smallest absolute Gasteiger partial charge is 0.304 e. The van der Waals surface area contributed by atoms with Crippen molar-refractivity contribution >= 4 is 23.7 Å². The number of carbonyl (C=O) groups excluding carboxylic acids is 4. The molecule has 34 heavy (non-hydrogen) atoms. The van der Waals surface area contributed by atoms with E-state index in [0.29, 0.717) is 12.8 Å². The Morgan fingerprint density at radius 2 is 1.68 bits per heavy atom. The molecule has 1 heterocycles. The van der Waals surface area contributed by atoms with E-state index in [0.717, 1.165) is 5.57 Å². The van der Waals surface area contributed by atoms with Crippen molar-refractivity contribution in [3.05, 3.63) is 24.3 Å². The summed E-state index contributed by atoms with van der Waals surface area (Å²) in [4.78, 5) is 49.8. The third-order valence-electron chi connectivity index (χ3n) is 8.15. The van der Waals surface area contributed by atoms with E-state index >= 15 is 0 Å². The highest BCUT2D eigenvalue weighted by molar-refractivity contribution is 5.88. The fourth-order valence-electron chi connectivity index (χ4n) is 6.36. The van der Waals surface area contributed by atoms with E-state index in [2.05, 4.69) is 19.6 Å². The third kappa shape index (κ3) is 4.44. The van der Waals surface area contributed by atoms with Crippen LogP contribution in [0.25, 0.3) is 0 Å². The maximum Gasteiger partial charge on any atom is 0.304 e. The minimum Gasteiger partial charge on any atom is -0.463 e. The van der Waals surface area contributed by atoms with Crippen LogP contribution in [0.4, 0.5) is 0 Å². The molecule has 0 radical (unpaired) electrons. The van der Waals surface area contributed by atoms with Crippen molar-refractivity contribution in [2.45, 2.75) is 85.9 Å². The summed E-state index contributed by atoms with van der Waals surface area (Å²) in [5.74, 6) is -2.61. The number of carbonyl (C=O) groups is 4. The van der Waals surface area contributed by atoms with Crippen molar-refractivity contribution < 1.29 is 38.1 Å². The number of hydrogen-bond acceptors (Lipinski definition) is 8. The number of Topliss-reactive ketones (excluding diaryl/α,β-unsaturated/α-hetero) is 1. The maximum atomic E-state index is 13.9. The van der Waals surface area contributed by atoms with Crippen molar-refractivity contribution in [2.75, 3.05) is 0 Å². The summed E-state index contributed by atoms with van der Waals surface area (Å²) in [6.07, 6.45) is 2.72. The highest BCUT2D eigenvalue weighted by Crippen LogP contribution is 2.67. The summed E-state index contributed by atoms with van der Waals surface area (Å²) in [6, 6.07) is 0. The Bertz CT molecular complexity index is 906. The molecular weight excluding hydrogens is 440 g/mol.